The second-order valence-corrected chi connectivity index (χ2v) is 6.11. The van der Waals surface area contributed by atoms with Gasteiger partial charge in [-0.05, 0) is 56.1 Å². The number of nitrogens with one attached hydrogen (secondary N) is 1. The van der Waals surface area contributed by atoms with Gasteiger partial charge in [0.15, 0.2) is 0 Å². The fourth-order valence-corrected chi connectivity index (χ4v) is 3.29. The average molecular weight is 245 g/mol. The Morgan fingerprint density at radius 3 is 2.67 bits per heavy atom. The highest BCUT2D eigenvalue weighted by molar-refractivity contribution is 5.51. The molecule has 2 saturated carbocycles. The Balaban J connectivity index is 1.62. The third-order valence-electron chi connectivity index (χ3n) is 4.58. The average Bonchev–Trinajstić information content (AvgIpc) is 3.18. The van der Waals surface area contributed by atoms with Gasteiger partial charge in [-0.15, -0.1) is 0 Å². The third-order valence-corrected chi connectivity index (χ3v) is 4.58. The normalized spacial score (nSPS) is 28.1. The largest absolute Gasteiger partial charge is 0.508 e. The topological polar surface area (TPSA) is 32.3 Å². The summed E-state index contributed by atoms with van der Waals surface area (Å²) in [6.45, 7) is 1.93. The molecule has 3 rings (SSSR count). The van der Waals surface area contributed by atoms with E-state index in [9.17, 15) is 5.11 Å². The molecule has 1 aromatic carbocycles. The molecule has 2 aliphatic rings. The molecule has 0 saturated heterocycles. The van der Waals surface area contributed by atoms with E-state index in [0.29, 0.717) is 11.8 Å². The maximum atomic E-state index is 9.74. The number of anilines is 1. The fourth-order valence-electron chi connectivity index (χ4n) is 3.29. The summed E-state index contributed by atoms with van der Waals surface area (Å²) in [5.74, 6) is 2.38. The van der Waals surface area contributed by atoms with Crippen LogP contribution < -0.4 is 5.32 Å². The van der Waals surface area contributed by atoms with Gasteiger partial charge < -0.3 is 10.4 Å². The maximum Gasteiger partial charge on any atom is 0.120 e. The van der Waals surface area contributed by atoms with Gasteiger partial charge in [0.05, 0.1) is 0 Å². The number of aromatic hydroxyl groups is 1. The fraction of sp³-hybridized carbons (Fsp3) is 0.625. The van der Waals surface area contributed by atoms with Crippen molar-refractivity contribution in [2.45, 2.75) is 51.5 Å². The van der Waals surface area contributed by atoms with E-state index in [2.05, 4.69) is 11.4 Å². The van der Waals surface area contributed by atoms with E-state index in [0.717, 1.165) is 23.1 Å². The zero-order chi connectivity index (χ0) is 12.5. The van der Waals surface area contributed by atoms with Gasteiger partial charge in [0.1, 0.15) is 5.75 Å². The smallest absolute Gasteiger partial charge is 0.120 e. The summed E-state index contributed by atoms with van der Waals surface area (Å²) in [5, 5.41) is 13.3. The van der Waals surface area contributed by atoms with Crippen molar-refractivity contribution < 1.29 is 5.11 Å². The standard InChI is InChI=1S/C16H23NO/c1-11-5-8-15(10-16(11)18)17-14-4-2-3-13(9-14)12-6-7-12/h5,8,10,12-14,17-18H,2-4,6-7,9H2,1H3. The zero-order valence-corrected chi connectivity index (χ0v) is 11.2. The second-order valence-electron chi connectivity index (χ2n) is 6.11. The van der Waals surface area contributed by atoms with Gasteiger partial charge in [0.2, 0.25) is 0 Å². The van der Waals surface area contributed by atoms with Crippen molar-refractivity contribution in [3.63, 3.8) is 0 Å². The molecule has 0 spiro atoms. The van der Waals surface area contributed by atoms with Crippen LogP contribution >= 0.6 is 0 Å². The van der Waals surface area contributed by atoms with E-state index in [1.165, 1.54) is 38.5 Å². The number of hydrogen-bond donors (Lipinski definition) is 2. The summed E-state index contributed by atoms with van der Waals surface area (Å²) in [5.41, 5.74) is 2.01. The number of phenolic OH excluding ortho intramolecular Hbond substituents is 1. The lowest BCUT2D eigenvalue weighted by Gasteiger charge is -2.30. The second kappa shape index (κ2) is 4.83. The van der Waals surface area contributed by atoms with Gasteiger partial charge in [-0.3, -0.25) is 0 Å². The molecule has 2 nitrogen and oxygen atoms in total. The quantitative estimate of drug-likeness (QED) is 0.841. The van der Waals surface area contributed by atoms with E-state index in [1.807, 2.05) is 19.1 Å². The van der Waals surface area contributed by atoms with Crippen molar-refractivity contribution in [2.75, 3.05) is 5.32 Å². The van der Waals surface area contributed by atoms with Crippen molar-refractivity contribution in [3.8, 4) is 5.75 Å². The van der Waals surface area contributed by atoms with E-state index < -0.39 is 0 Å². The molecule has 0 radical (unpaired) electrons. The van der Waals surface area contributed by atoms with Crippen LogP contribution in [0.15, 0.2) is 18.2 Å². The van der Waals surface area contributed by atoms with Crippen molar-refractivity contribution >= 4 is 5.69 Å². The Hall–Kier alpha value is -1.18. The predicted molar refractivity (Wildman–Crippen MR) is 74.9 cm³/mol. The molecule has 2 fully saturated rings. The van der Waals surface area contributed by atoms with Crippen LogP contribution in [-0.4, -0.2) is 11.1 Å². The Kier molecular flexibility index (Phi) is 3.19. The van der Waals surface area contributed by atoms with E-state index in [1.54, 1.807) is 0 Å². The molecule has 2 aliphatic carbocycles. The predicted octanol–water partition coefficient (Wildman–Crippen LogP) is 4.08. The van der Waals surface area contributed by atoms with Crippen LogP contribution in [0.4, 0.5) is 5.69 Å². The number of benzene rings is 1. The SMILES string of the molecule is Cc1ccc(NC2CCCC(C3CC3)C2)cc1O. The van der Waals surface area contributed by atoms with Crippen LogP contribution in [0.1, 0.15) is 44.1 Å². The monoisotopic (exact) mass is 245 g/mol. The van der Waals surface area contributed by atoms with Gasteiger partial charge >= 0.3 is 0 Å². The van der Waals surface area contributed by atoms with Gasteiger partial charge in [0.25, 0.3) is 0 Å². The Labute approximate surface area is 109 Å². The first-order valence-corrected chi connectivity index (χ1v) is 7.28. The minimum absolute atomic E-state index is 0.398. The van der Waals surface area contributed by atoms with Crippen LogP contribution in [0.25, 0.3) is 0 Å². The molecule has 1 aromatic rings. The maximum absolute atomic E-state index is 9.74. The van der Waals surface area contributed by atoms with Crippen LogP contribution in [0.2, 0.25) is 0 Å². The molecule has 0 heterocycles. The summed E-state index contributed by atoms with van der Waals surface area (Å²) in [7, 11) is 0. The highest BCUT2D eigenvalue weighted by Crippen LogP contribution is 2.44. The first kappa shape index (κ1) is 11.9. The molecule has 2 N–H and O–H groups in total. The number of phenols is 1. The van der Waals surface area contributed by atoms with Crippen molar-refractivity contribution in [3.05, 3.63) is 23.8 Å². The third kappa shape index (κ3) is 2.63. The van der Waals surface area contributed by atoms with Gasteiger partial charge in [-0.25, -0.2) is 0 Å². The Bertz CT molecular complexity index is 425. The summed E-state index contributed by atoms with van der Waals surface area (Å²) in [4.78, 5) is 0. The molecule has 0 amide bonds. The van der Waals surface area contributed by atoms with Gasteiger partial charge in [0, 0.05) is 17.8 Å². The van der Waals surface area contributed by atoms with E-state index >= 15 is 0 Å². The Morgan fingerprint density at radius 2 is 1.94 bits per heavy atom. The summed E-state index contributed by atoms with van der Waals surface area (Å²) < 4.78 is 0. The molecule has 2 unspecified atom stereocenters. The molecule has 18 heavy (non-hydrogen) atoms. The molecule has 98 valence electrons. The summed E-state index contributed by atoms with van der Waals surface area (Å²) in [6.07, 6.45) is 8.31. The number of hydrogen-bond acceptors (Lipinski definition) is 2. The van der Waals surface area contributed by atoms with E-state index in [-0.39, 0.29) is 0 Å². The van der Waals surface area contributed by atoms with Gasteiger partial charge in [-0.2, -0.15) is 0 Å². The number of rotatable bonds is 3. The van der Waals surface area contributed by atoms with Crippen LogP contribution in [0.5, 0.6) is 5.75 Å². The zero-order valence-electron chi connectivity index (χ0n) is 11.2. The molecular formula is C16H23NO. The first-order chi connectivity index (χ1) is 8.72. The minimum atomic E-state index is 0.398. The highest BCUT2D eigenvalue weighted by atomic mass is 16.3. The van der Waals surface area contributed by atoms with Crippen LogP contribution in [0.3, 0.4) is 0 Å². The molecule has 0 bridgehead atoms. The lowest BCUT2D eigenvalue weighted by Crippen LogP contribution is -2.28. The lowest BCUT2D eigenvalue weighted by atomic mass is 9.82. The molecule has 2 atom stereocenters. The van der Waals surface area contributed by atoms with Crippen molar-refractivity contribution in [1.82, 2.24) is 0 Å². The van der Waals surface area contributed by atoms with Gasteiger partial charge in [-0.1, -0.05) is 18.9 Å². The summed E-state index contributed by atoms with van der Waals surface area (Å²) >= 11 is 0. The molecular weight excluding hydrogens is 222 g/mol. The summed E-state index contributed by atoms with van der Waals surface area (Å²) in [6, 6.07) is 6.52. The molecule has 2 heteroatoms. The van der Waals surface area contributed by atoms with E-state index in [4.69, 9.17) is 0 Å². The van der Waals surface area contributed by atoms with Crippen molar-refractivity contribution in [1.29, 1.82) is 0 Å². The Morgan fingerprint density at radius 1 is 1.11 bits per heavy atom. The molecule has 0 aromatic heterocycles. The first-order valence-electron chi connectivity index (χ1n) is 7.28. The highest BCUT2D eigenvalue weighted by Gasteiger charge is 2.34. The number of aryl methyl sites for hydroxylation is 1. The lowest BCUT2D eigenvalue weighted by molar-refractivity contribution is 0.303. The van der Waals surface area contributed by atoms with Crippen LogP contribution in [-0.2, 0) is 0 Å². The molecule has 0 aliphatic heterocycles. The minimum Gasteiger partial charge on any atom is -0.508 e. The van der Waals surface area contributed by atoms with Crippen molar-refractivity contribution in [2.24, 2.45) is 11.8 Å². The van der Waals surface area contributed by atoms with Crippen LogP contribution in [0, 0.1) is 18.8 Å².